The van der Waals surface area contributed by atoms with Crippen LogP contribution < -0.4 is 20.0 Å². The Balaban J connectivity index is 1.74. The van der Waals surface area contributed by atoms with Crippen LogP contribution >= 0.6 is 17.9 Å². The van der Waals surface area contributed by atoms with Gasteiger partial charge in [0.2, 0.25) is 21.9 Å². The Morgan fingerprint density at radius 2 is 1.92 bits per heavy atom. The van der Waals surface area contributed by atoms with Gasteiger partial charge in [-0.25, -0.2) is 18.0 Å². The van der Waals surface area contributed by atoms with Crippen LogP contribution in [0.2, 0.25) is 0 Å². The molecule has 38 heavy (non-hydrogen) atoms. The quantitative estimate of drug-likeness (QED) is 0.0559. The number of hydrogen-bond acceptors (Lipinski definition) is 11. The zero-order valence-electron chi connectivity index (χ0n) is 21.8. The summed E-state index contributed by atoms with van der Waals surface area (Å²) in [4.78, 5) is 50.3. The van der Waals surface area contributed by atoms with Gasteiger partial charge in [-0.15, -0.1) is 4.99 Å². The Kier molecular flexibility index (Phi) is 10.5. The minimum absolute atomic E-state index is 0.174. The summed E-state index contributed by atoms with van der Waals surface area (Å²) in [6.07, 6.45) is -0.255. The van der Waals surface area contributed by atoms with Crippen molar-refractivity contribution in [2.75, 3.05) is 25.9 Å². The number of nitrogens with zero attached hydrogens (tertiary/aromatic N) is 3. The molecule has 3 aliphatic rings. The third kappa shape index (κ3) is 7.23. The highest BCUT2D eigenvalue weighted by atomic mass is 32.2. The number of carbonyl (C=O) groups is 3. The number of β-lactam (4-membered cyclic amide) rings is 1. The molecule has 3 rings (SSSR count). The van der Waals surface area contributed by atoms with Gasteiger partial charge in [0, 0.05) is 31.6 Å². The van der Waals surface area contributed by atoms with Crippen molar-refractivity contribution in [1.82, 2.24) is 29.8 Å². The molecule has 0 spiro atoms. The van der Waals surface area contributed by atoms with E-state index in [2.05, 4.69) is 29.9 Å². The molecule has 210 valence electrons. The Bertz CT molecular complexity index is 1110. The lowest BCUT2D eigenvalue weighted by Gasteiger charge is -2.46. The summed E-state index contributed by atoms with van der Waals surface area (Å²) < 4.78 is 35.9. The first-order chi connectivity index (χ1) is 17.9. The summed E-state index contributed by atoms with van der Waals surface area (Å²) in [5.74, 6) is -1.90. The van der Waals surface area contributed by atoms with Crippen molar-refractivity contribution in [2.24, 2.45) is 16.8 Å². The fraction of sp³-hybridized carbons (Fsp3) is 0.667. The predicted octanol–water partition coefficient (Wildman–Crippen LogP) is -3.36. The van der Waals surface area contributed by atoms with E-state index in [1.54, 1.807) is 22.9 Å². The monoisotopic (exact) mass is 591 g/mol. The van der Waals surface area contributed by atoms with Crippen molar-refractivity contribution in [3.8, 4) is 0 Å². The van der Waals surface area contributed by atoms with Gasteiger partial charge < -0.3 is 34.4 Å². The molecule has 0 aromatic carbocycles. The van der Waals surface area contributed by atoms with Crippen molar-refractivity contribution >= 4 is 67.8 Å². The van der Waals surface area contributed by atoms with Crippen molar-refractivity contribution in [1.29, 1.82) is 0 Å². The second-order valence-electron chi connectivity index (χ2n) is 9.29. The lowest BCUT2D eigenvalue weighted by molar-refractivity contribution is -0.162. The fourth-order valence-corrected chi connectivity index (χ4v) is 5.97. The highest BCUT2D eigenvalue weighted by molar-refractivity contribution is 7.89. The maximum Gasteiger partial charge on any atom is 0.440 e. The summed E-state index contributed by atoms with van der Waals surface area (Å²) >= 11 is 0. The molecule has 15 nitrogen and oxygen atoms in total. The second-order valence-corrected chi connectivity index (χ2v) is 12.9. The van der Waals surface area contributed by atoms with Gasteiger partial charge in [0.15, 0.2) is 16.0 Å². The maximum atomic E-state index is 12.9. The normalized spacial score (nSPS) is 27.2. The van der Waals surface area contributed by atoms with E-state index in [9.17, 15) is 27.9 Å². The predicted molar refractivity (Wildman–Crippen MR) is 148 cm³/mol. The highest BCUT2D eigenvalue weighted by Crippen LogP contribution is 2.48. The number of aliphatic hydroxyl groups excluding tert-OH is 1. The molecule has 20 heteroatoms. The number of guanidine groups is 1. The second kappa shape index (κ2) is 13.0. The lowest BCUT2D eigenvalue weighted by Crippen LogP contribution is -2.63. The van der Waals surface area contributed by atoms with Crippen LogP contribution in [-0.2, 0) is 28.7 Å². The minimum atomic E-state index is -3.72. The molecule has 0 radical (unpaired) electrons. The van der Waals surface area contributed by atoms with Crippen molar-refractivity contribution in [2.45, 2.75) is 38.5 Å². The molecule has 0 bridgehead atoms. The van der Waals surface area contributed by atoms with Crippen molar-refractivity contribution in [3.63, 3.8) is 0 Å². The standard InChI is InChI=1S/C18H33B2N7O8P2S/c1-8-11(14(16(30)34-36-24-19)27-13(8)12(9(2)28)15(27)29)7-26-5-4-10(6-26)21-17(23-38(3,32)33)22-18(31)35-37-25-20/h8-10,12-13,24-25,28,36-37H,4-7,19-20H2,1-3H3,(H2,21,22,23,31)/t8-,9+,10-,12?,13+/m0/s1. The molecule has 3 unspecified atom stereocenters. The molecule has 2 amide bonds. The number of aliphatic imine (C=N–C) groups is 1. The van der Waals surface area contributed by atoms with Crippen LogP contribution in [-0.4, -0.2) is 107 Å². The summed E-state index contributed by atoms with van der Waals surface area (Å²) in [5.41, 5.74) is 0.968. The zero-order valence-corrected chi connectivity index (χ0v) is 24.6. The number of likely N-dealkylation sites (tertiary alicyclic amines) is 1. The number of carbonyl (C=O) groups excluding carboxylic acids is 3. The van der Waals surface area contributed by atoms with Crippen LogP contribution in [0.25, 0.3) is 0 Å². The fourth-order valence-electron chi connectivity index (χ4n) is 4.99. The topological polar surface area (TPSA) is 191 Å². The van der Waals surface area contributed by atoms with E-state index in [1.807, 2.05) is 6.92 Å². The van der Waals surface area contributed by atoms with Gasteiger partial charge in [-0.05, 0) is 18.9 Å². The summed E-state index contributed by atoms with van der Waals surface area (Å²) in [6, 6.07) is -0.582. The van der Waals surface area contributed by atoms with Gasteiger partial charge in [0.05, 0.1) is 24.3 Å². The Morgan fingerprint density at radius 3 is 2.53 bits per heavy atom. The lowest BCUT2D eigenvalue weighted by atomic mass is 9.77. The van der Waals surface area contributed by atoms with Gasteiger partial charge in [-0.3, -0.25) is 14.4 Å². The molecule has 5 N–H and O–H groups in total. The number of hydrogen-bond donors (Lipinski definition) is 5. The third-order valence-electron chi connectivity index (χ3n) is 6.49. The SMILES string of the molecule is BNPOC(=O)/N=C(\N[C@H]1CCN(CC2=C(C(=O)OPNB)N3C(=O)C([C@@H](C)O)[C@H]3[C@H]2C)C1)NS(C)(=O)=O. The number of nitrogens with one attached hydrogen (secondary N) is 4. The van der Waals surface area contributed by atoms with E-state index in [1.165, 1.54) is 4.90 Å². The van der Waals surface area contributed by atoms with Crippen molar-refractivity contribution < 1.29 is 37.0 Å². The van der Waals surface area contributed by atoms with Crippen LogP contribution in [0, 0.1) is 11.8 Å². The van der Waals surface area contributed by atoms with Gasteiger partial charge in [0.25, 0.3) is 0 Å². The first-order valence-electron chi connectivity index (χ1n) is 11.9. The number of fused-ring (bicyclic) bond motifs is 1. The number of amides is 2. The minimum Gasteiger partial charge on any atom is -0.428 e. The molecular formula is C18H33B2N7O8P2S. The maximum absolute atomic E-state index is 12.9. The van der Waals surface area contributed by atoms with Crippen LogP contribution in [0.1, 0.15) is 20.3 Å². The molecule has 2 fully saturated rings. The van der Waals surface area contributed by atoms with Crippen molar-refractivity contribution in [3.05, 3.63) is 11.3 Å². The van der Waals surface area contributed by atoms with E-state index in [0.717, 1.165) is 11.8 Å². The number of rotatable bonds is 10. The van der Waals surface area contributed by atoms with Gasteiger partial charge in [0.1, 0.15) is 23.6 Å². The van der Waals surface area contributed by atoms with E-state index in [4.69, 9.17) is 9.05 Å². The van der Waals surface area contributed by atoms with Gasteiger partial charge in [-0.2, -0.15) is 0 Å². The van der Waals surface area contributed by atoms with E-state index in [-0.39, 0.29) is 53.5 Å². The first kappa shape index (κ1) is 30.7. The molecular weight excluding hydrogens is 558 g/mol. The molecule has 0 aromatic heterocycles. The Labute approximate surface area is 227 Å². The van der Waals surface area contributed by atoms with Gasteiger partial charge in [-0.1, -0.05) is 6.92 Å². The van der Waals surface area contributed by atoms with Crippen LogP contribution in [0.3, 0.4) is 0 Å². The summed E-state index contributed by atoms with van der Waals surface area (Å²) in [6.45, 7) is 4.92. The zero-order chi connectivity index (χ0) is 28.2. The van der Waals surface area contributed by atoms with E-state index < -0.39 is 34.1 Å². The molecule has 3 heterocycles. The average Bonchev–Trinajstić information content (AvgIpc) is 3.35. The summed E-state index contributed by atoms with van der Waals surface area (Å²) in [5, 5.41) is 13.1. The number of aliphatic hydroxyl groups is 1. The van der Waals surface area contributed by atoms with E-state index in [0.29, 0.717) is 26.1 Å². The molecule has 0 aliphatic carbocycles. The van der Waals surface area contributed by atoms with Crippen LogP contribution in [0.5, 0.6) is 0 Å². The molecule has 2 saturated heterocycles. The van der Waals surface area contributed by atoms with Crippen LogP contribution in [0.4, 0.5) is 4.79 Å². The van der Waals surface area contributed by atoms with E-state index >= 15 is 0 Å². The average molecular weight is 591 g/mol. The highest BCUT2D eigenvalue weighted by Gasteiger charge is 2.60. The number of sulfonamides is 1. The Hall–Kier alpha value is -1.80. The summed E-state index contributed by atoms with van der Waals surface area (Å²) in [7, 11) is -1.08. The largest absolute Gasteiger partial charge is 0.440 e. The van der Waals surface area contributed by atoms with Crippen LogP contribution in [0.15, 0.2) is 16.3 Å². The van der Waals surface area contributed by atoms with Gasteiger partial charge >= 0.3 is 12.1 Å². The first-order valence-corrected chi connectivity index (χ1v) is 15.6. The Morgan fingerprint density at radius 1 is 1.26 bits per heavy atom. The molecule has 7 atom stereocenters. The molecule has 0 aromatic rings. The third-order valence-corrected chi connectivity index (χ3v) is 8.02. The molecule has 3 aliphatic heterocycles. The smallest absolute Gasteiger partial charge is 0.428 e. The molecule has 0 saturated carbocycles.